The molecule has 2 aromatic carbocycles. The number of nitrogens with zero attached hydrogens (tertiary/aromatic N) is 2. The van der Waals surface area contributed by atoms with Crippen LogP contribution in [0.2, 0.25) is 10.0 Å². The average Bonchev–Trinajstić information content (AvgIpc) is 3.01. The van der Waals surface area contributed by atoms with Gasteiger partial charge in [0, 0.05) is 11.8 Å². The predicted octanol–water partition coefficient (Wildman–Crippen LogP) is 5.55. The Morgan fingerprint density at radius 1 is 0.966 bits per heavy atom. The third kappa shape index (κ3) is 4.24. The Labute approximate surface area is 171 Å². The molecule has 12 heteroatoms. The first-order valence-electron chi connectivity index (χ1n) is 7.61. The van der Waals surface area contributed by atoms with Crippen LogP contribution in [0, 0.1) is 11.6 Å². The van der Waals surface area contributed by atoms with Gasteiger partial charge in [0.2, 0.25) is 0 Å². The van der Waals surface area contributed by atoms with Crippen LogP contribution < -0.4 is 0 Å². The van der Waals surface area contributed by atoms with Crippen molar-refractivity contribution in [3.05, 3.63) is 63.8 Å². The summed E-state index contributed by atoms with van der Waals surface area (Å²) in [5.74, 6) is -2.89. The van der Waals surface area contributed by atoms with Gasteiger partial charge in [-0.05, 0) is 36.4 Å². The Balaban J connectivity index is 2.29. The zero-order valence-electron chi connectivity index (χ0n) is 14.2. The minimum absolute atomic E-state index is 0.0176. The Bertz CT molecular complexity index is 1200. The van der Waals surface area contributed by atoms with Crippen molar-refractivity contribution >= 4 is 33.0 Å². The minimum Gasteiger partial charge on any atom is -0.232 e. The molecule has 3 rings (SSSR count). The van der Waals surface area contributed by atoms with E-state index in [1.807, 2.05) is 0 Å². The van der Waals surface area contributed by atoms with E-state index >= 15 is 0 Å². The van der Waals surface area contributed by atoms with E-state index in [1.54, 1.807) is 0 Å². The van der Waals surface area contributed by atoms with Crippen LogP contribution in [0.3, 0.4) is 0 Å². The fourth-order valence-electron chi connectivity index (χ4n) is 2.60. The Morgan fingerprint density at radius 2 is 1.55 bits per heavy atom. The molecule has 0 saturated heterocycles. The number of hydrogen-bond acceptors (Lipinski definition) is 3. The van der Waals surface area contributed by atoms with Gasteiger partial charge in [-0.3, -0.25) is 0 Å². The lowest BCUT2D eigenvalue weighted by Crippen LogP contribution is -2.07. The summed E-state index contributed by atoms with van der Waals surface area (Å²) in [5, 5.41) is 3.61. The van der Waals surface area contributed by atoms with Gasteiger partial charge in [-0.25, -0.2) is 21.9 Å². The Hall–Kier alpha value is -2.17. The summed E-state index contributed by atoms with van der Waals surface area (Å²) in [5.41, 5.74) is -1.99. The summed E-state index contributed by atoms with van der Waals surface area (Å²) in [4.78, 5) is -1.18. The van der Waals surface area contributed by atoms with Crippen molar-refractivity contribution in [2.24, 2.45) is 0 Å². The van der Waals surface area contributed by atoms with E-state index in [0.717, 1.165) is 4.68 Å². The maximum Gasteiger partial charge on any atom is 0.435 e. The van der Waals surface area contributed by atoms with Gasteiger partial charge in [-0.1, -0.05) is 23.2 Å². The topological polar surface area (TPSA) is 52.0 Å². The predicted molar refractivity (Wildman–Crippen MR) is 97.0 cm³/mol. The van der Waals surface area contributed by atoms with Crippen LogP contribution in [0.5, 0.6) is 0 Å². The van der Waals surface area contributed by atoms with Crippen molar-refractivity contribution in [3.8, 4) is 16.9 Å². The lowest BCUT2D eigenvalue weighted by molar-refractivity contribution is -0.141. The van der Waals surface area contributed by atoms with Gasteiger partial charge < -0.3 is 0 Å². The van der Waals surface area contributed by atoms with Crippen molar-refractivity contribution < 1.29 is 30.4 Å². The fourth-order valence-corrected chi connectivity index (χ4v) is 3.72. The number of hydrogen-bond donors (Lipinski definition) is 0. The number of aromatic nitrogens is 2. The molecule has 3 aromatic rings. The van der Waals surface area contributed by atoms with E-state index in [-0.39, 0.29) is 27.0 Å². The summed E-state index contributed by atoms with van der Waals surface area (Å²) in [6, 6.07) is 5.65. The highest BCUT2D eigenvalue weighted by Crippen LogP contribution is 2.35. The molecular formula is C17H9Cl2F5N2O2S. The molecule has 0 saturated carbocycles. The third-order valence-electron chi connectivity index (χ3n) is 3.81. The lowest BCUT2D eigenvalue weighted by Gasteiger charge is -2.10. The van der Waals surface area contributed by atoms with Crippen LogP contribution >= 0.6 is 23.2 Å². The zero-order valence-corrected chi connectivity index (χ0v) is 16.6. The molecule has 0 spiro atoms. The van der Waals surface area contributed by atoms with E-state index in [1.165, 1.54) is 18.2 Å². The van der Waals surface area contributed by atoms with Crippen LogP contribution in [0.15, 0.2) is 41.3 Å². The second kappa shape index (κ2) is 7.26. The summed E-state index contributed by atoms with van der Waals surface area (Å²) in [6.45, 7) is 0. The second-order valence-electron chi connectivity index (χ2n) is 5.96. The molecule has 0 unspecified atom stereocenters. The van der Waals surface area contributed by atoms with Crippen molar-refractivity contribution in [2.75, 3.05) is 6.26 Å². The zero-order chi connectivity index (χ0) is 21.7. The molecule has 1 heterocycles. The van der Waals surface area contributed by atoms with Gasteiger partial charge in [0.05, 0.1) is 21.4 Å². The SMILES string of the molecule is CS(=O)(=O)c1c(F)cc(-c2cc(C(F)(F)F)nn2-c2ccc(Cl)c(Cl)c2)cc1F. The molecule has 0 radical (unpaired) electrons. The maximum atomic E-state index is 14.3. The molecule has 0 N–H and O–H groups in total. The first kappa shape index (κ1) is 21.5. The van der Waals surface area contributed by atoms with Crippen molar-refractivity contribution in [2.45, 2.75) is 11.1 Å². The summed E-state index contributed by atoms with van der Waals surface area (Å²) in [7, 11) is -4.24. The summed E-state index contributed by atoms with van der Waals surface area (Å²) < 4.78 is 92.0. The average molecular weight is 471 g/mol. The van der Waals surface area contributed by atoms with Gasteiger partial charge in [0.25, 0.3) is 0 Å². The molecular weight excluding hydrogens is 462 g/mol. The van der Waals surface area contributed by atoms with Crippen LogP contribution in [-0.2, 0) is 16.0 Å². The first-order chi connectivity index (χ1) is 13.3. The summed E-state index contributed by atoms with van der Waals surface area (Å²) in [6.07, 6.45) is -4.24. The quantitative estimate of drug-likeness (QED) is 0.471. The van der Waals surface area contributed by atoms with Gasteiger partial charge in [-0.15, -0.1) is 0 Å². The molecule has 0 bridgehead atoms. The normalized spacial score (nSPS) is 12.4. The van der Waals surface area contributed by atoms with Gasteiger partial charge >= 0.3 is 6.18 Å². The third-order valence-corrected chi connectivity index (χ3v) is 5.68. The standard InChI is InChI=1S/C17H9Cl2F5N2O2S/c1-29(27,28)16-12(20)4-8(5-13(16)21)14-7-15(17(22,23)24)25-26(14)9-2-3-10(18)11(19)6-9/h2-7H,1H3. The highest BCUT2D eigenvalue weighted by Gasteiger charge is 2.35. The molecule has 0 aliphatic rings. The highest BCUT2D eigenvalue weighted by molar-refractivity contribution is 7.90. The van der Waals surface area contributed by atoms with E-state index in [0.29, 0.717) is 24.5 Å². The molecule has 154 valence electrons. The van der Waals surface area contributed by atoms with E-state index in [4.69, 9.17) is 23.2 Å². The second-order valence-corrected chi connectivity index (χ2v) is 8.73. The van der Waals surface area contributed by atoms with Gasteiger partial charge in [0.1, 0.15) is 16.5 Å². The Kier molecular flexibility index (Phi) is 5.39. The molecule has 4 nitrogen and oxygen atoms in total. The minimum atomic E-state index is -4.85. The molecule has 0 fully saturated rings. The van der Waals surface area contributed by atoms with Crippen molar-refractivity contribution in [3.63, 3.8) is 0 Å². The summed E-state index contributed by atoms with van der Waals surface area (Å²) >= 11 is 11.7. The maximum absolute atomic E-state index is 14.3. The van der Waals surface area contributed by atoms with Crippen molar-refractivity contribution in [1.82, 2.24) is 9.78 Å². The molecule has 0 amide bonds. The molecule has 1 aromatic heterocycles. The van der Waals surface area contributed by atoms with Gasteiger partial charge in [0.15, 0.2) is 15.5 Å². The van der Waals surface area contributed by atoms with E-state index < -0.39 is 38.2 Å². The first-order valence-corrected chi connectivity index (χ1v) is 10.3. The van der Waals surface area contributed by atoms with Crippen LogP contribution in [-0.4, -0.2) is 24.5 Å². The van der Waals surface area contributed by atoms with Crippen LogP contribution in [0.25, 0.3) is 16.9 Å². The number of benzene rings is 2. The van der Waals surface area contributed by atoms with E-state index in [9.17, 15) is 30.4 Å². The number of sulfone groups is 1. The number of rotatable bonds is 3. The largest absolute Gasteiger partial charge is 0.435 e. The molecule has 29 heavy (non-hydrogen) atoms. The Morgan fingerprint density at radius 3 is 2.03 bits per heavy atom. The van der Waals surface area contributed by atoms with E-state index in [2.05, 4.69) is 5.10 Å². The molecule has 0 aliphatic heterocycles. The number of halogens is 7. The van der Waals surface area contributed by atoms with Crippen molar-refractivity contribution in [1.29, 1.82) is 0 Å². The highest BCUT2D eigenvalue weighted by atomic mass is 35.5. The number of alkyl halides is 3. The van der Waals surface area contributed by atoms with Gasteiger partial charge in [-0.2, -0.15) is 18.3 Å². The smallest absolute Gasteiger partial charge is 0.232 e. The lowest BCUT2D eigenvalue weighted by atomic mass is 10.1. The van der Waals surface area contributed by atoms with Crippen LogP contribution in [0.1, 0.15) is 5.69 Å². The van der Waals surface area contributed by atoms with Crippen LogP contribution in [0.4, 0.5) is 22.0 Å². The molecule has 0 atom stereocenters. The monoisotopic (exact) mass is 470 g/mol. The molecule has 0 aliphatic carbocycles. The fraction of sp³-hybridized carbons (Fsp3) is 0.118.